The van der Waals surface area contributed by atoms with Crippen LogP contribution in [-0.2, 0) is 0 Å². The minimum atomic E-state index is -0.0864. The van der Waals surface area contributed by atoms with Crippen LogP contribution in [0.2, 0.25) is 0 Å². The summed E-state index contributed by atoms with van der Waals surface area (Å²) in [6.45, 7) is 0. The van der Waals surface area contributed by atoms with Crippen molar-refractivity contribution in [1.82, 2.24) is 0 Å². The highest BCUT2D eigenvalue weighted by Gasteiger charge is 2.09. The summed E-state index contributed by atoms with van der Waals surface area (Å²) in [7, 11) is 3.17. The van der Waals surface area contributed by atoms with E-state index in [-0.39, 0.29) is 22.7 Å². The summed E-state index contributed by atoms with van der Waals surface area (Å²) in [6.07, 6.45) is 3.60. The molecule has 0 aliphatic heterocycles. The highest BCUT2D eigenvalue weighted by molar-refractivity contribution is 5.80. The molecule has 5 rings (SSSR count). The normalized spacial score (nSPS) is 10.7. The molecule has 38 heavy (non-hydrogen) atoms. The van der Waals surface area contributed by atoms with Crippen LogP contribution in [-0.4, -0.2) is 29.5 Å². The highest BCUT2D eigenvalue weighted by atomic mass is 16.5. The summed E-state index contributed by atoms with van der Waals surface area (Å²) < 4.78 is 16.2. The lowest BCUT2D eigenvalue weighted by Crippen LogP contribution is -2.00. The number of hydrogen-bond acceptors (Lipinski definition) is 7. The van der Waals surface area contributed by atoms with Crippen LogP contribution in [0, 0.1) is 0 Å². The Morgan fingerprint density at radius 1 is 0.658 bits per heavy atom. The molecule has 3 N–H and O–H groups in total. The van der Waals surface area contributed by atoms with Crippen molar-refractivity contribution < 1.29 is 29.2 Å². The van der Waals surface area contributed by atoms with Crippen molar-refractivity contribution in [2.24, 2.45) is 0 Å². The lowest BCUT2D eigenvalue weighted by atomic mass is 10.1. The molecular formula is C31H26O7. The fourth-order valence-electron chi connectivity index (χ4n) is 3.67. The molecule has 0 aliphatic rings. The van der Waals surface area contributed by atoms with Gasteiger partial charge in [-0.2, -0.15) is 0 Å². The van der Waals surface area contributed by atoms with Crippen LogP contribution >= 0.6 is 0 Å². The van der Waals surface area contributed by atoms with Crippen LogP contribution < -0.4 is 14.9 Å². The Bertz CT molecular complexity index is 1610. The molecule has 0 aliphatic carbocycles. The number of fused-ring (bicyclic) bond motifs is 1. The zero-order valence-electron chi connectivity index (χ0n) is 20.8. The summed E-state index contributed by atoms with van der Waals surface area (Å²) in [5, 5.41) is 28.3. The van der Waals surface area contributed by atoms with Crippen LogP contribution in [0.3, 0.4) is 0 Å². The average Bonchev–Trinajstić information content (AvgIpc) is 2.92. The molecule has 0 bridgehead atoms. The molecule has 0 amide bonds. The van der Waals surface area contributed by atoms with Gasteiger partial charge >= 0.3 is 0 Å². The Kier molecular flexibility index (Phi) is 7.98. The third-order valence-electron chi connectivity index (χ3n) is 5.58. The summed E-state index contributed by atoms with van der Waals surface area (Å²) >= 11 is 0. The smallest absolute Gasteiger partial charge is 0.193 e. The molecule has 0 saturated carbocycles. The van der Waals surface area contributed by atoms with E-state index in [0.29, 0.717) is 33.8 Å². The Morgan fingerprint density at radius 3 is 2.00 bits per heavy atom. The van der Waals surface area contributed by atoms with Crippen molar-refractivity contribution >= 4 is 23.1 Å². The number of hydrogen-bond donors (Lipinski definition) is 3. The van der Waals surface area contributed by atoms with Crippen molar-refractivity contribution in [2.75, 3.05) is 14.2 Å². The van der Waals surface area contributed by atoms with E-state index in [1.54, 1.807) is 74.9 Å². The van der Waals surface area contributed by atoms with E-state index in [4.69, 9.17) is 19.0 Å². The maximum Gasteiger partial charge on any atom is 0.193 e. The predicted molar refractivity (Wildman–Crippen MR) is 148 cm³/mol. The van der Waals surface area contributed by atoms with Gasteiger partial charge < -0.3 is 29.2 Å². The Balaban J connectivity index is 0.000000181. The van der Waals surface area contributed by atoms with Gasteiger partial charge in [0.25, 0.3) is 0 Å². The van der Waals surface area contributed by atoms with E-state index in [9.17, 15) is 15.0 Å². The first-order chi connectivity index (χ1) is 18.3. The zero-order chi connectivity index (χ0) is 27.1. The first-order valence-corrected chi connectivity index (χ1v) is 11.6. The molecule has 0 saturated heterocycles. The average molecular weight is 511 g/mol. The van der Waals surface area contributed by atoms with Crippen LogP contribution in [0.15, 0.2) is 100 Å². The van der Waals surface area contributed by atoms with Crippen LogP contribution in [0.4, 0.5) is 0 Å². The van der Waals surface area contributed by atoms with Crippen molar-refractivity contribution in [2.45, 2.75) is 0 Å². The summed E-state index contributed by atoms with van der Waals surface area (Å²) in [5.41, 5.74) is 2.83. The molecule has 0 radical (unpaired) electrons. The molecule has 0 spiro atoms. The van der Waals surface area contributed by atoms with Gasteiger partial charge in [-0.1, -0.05) is 36.4 Å². The van der Waals surface area contributed by atoms with Crippen LogP contribution in [0.1, 0.15) is 11.1 Å². The molecule has 0 atom stereocenters. The lowest BCUT2D eigenvalue weighted by molar-refractivity contribution is 0.414. The monoisotopic (exact) mass is 510 g/mol. The van der Waals surface area contributed by atoms with Crippen LogP contribution in [0.5, 0.6) is 28.7 Å². The van der Waals surface area contributed by atoms with Crippen molar-refractivity contribution in [3.05, 3.63) is 112 Å². The van der Waals surface area contributed by atoms with Gasteiger partial charge in [-0.25, -0.2) is 0 Å². The van der Waals surface area contributed by atoms with Gasteiger partial charge in [-0.15, -0.1) is 0 Å². The minimum absolute atomic E-state index is 0.0235. The van der Waals surface area contributed by atoms with E-state index in [1.807, 2.05) is 30.3 Å². The topological polar surface area (TPSA) is 109 Å². The van der Waals surface area contributed by atoms with E-state index in [2.05, 4.69) is 0 Å². The van der Waals surface area contributed by atoms with Gasteiger partial charge in [0, 0.05) is 23.8 Å². The Hall–Kier alpha value is -5.17. The number of phenolic OH excluding ortho intramolecular Hbond substituents is 3. The summed E-state index contributed by atoms with van der Waals surface area (Å²) in [6, 6.07) is 25.1. The molecular weight excluding hydrogens is 484 g/mol. The fraction of sp³-hybridized carbons (Fsp3) is 0.0645. The van der Waals surface area contributed by atoms with E-state index < -0.39 is 0 Å². The van der Waals surface area contributed by atoms with E-state index >= 15 is 0 Å². The highest BCUT2D eigenvalue weighted by Crippen LogP contribution is 2.27. The number of benzene rings is 4. The largest absolute Gasteiger partial charge is 0.508 e. The maximum absolute atomic E-state index is 12.2. The van der Waals surface area contributed by atoms with Gasteiger partial charge in [-0.05, 0) is 59.7 Å². The Morgan fingerprint density at radius 2 is 1.32 bits per heavy atom. The second-order valence-corrected chi connectivity index (χ2v) is 8.28. The molecule has 1 aromatic heterocycles. The number of methoxy groups -OCH3 is 2. The summed E-state index contributed by atoms with van der Waals surface area (Å²) in [5.74, 6) is 2.12. The van der Waals surface area contributed by atoms with E-state index in [1.165, 1.54) is 12.1 Å². The number of phenols is 3. The SMILES string of the molecule is COc1cccc(-c2cc(=O)c3ccc(OC)cc3o2)c1.Oc1ccc(C=Cc2cc(O)cc(O)c2)cc1. The first-order valence-electron chi connectivity index (χ1n) is 11.6. The number of rotatable bonds is 5. The van der Waals surface area contributed by atoms with Crippen molar-refractivity contribution in [1.29, 1.82) is 0 Å². The molecule has 0 fully saturated rings. The molecule has 7 heteroatoms. The predicted octanol–water partition coefficient (Wildman–Crippen LogP) is 6.45. The minimum Gasteiger partial charge on any atom is -0.508 e. The molecule has 4 aromatic carbocycles. The standard InChI is InChI=1S/C17H14O4.C14H12O3/c1-19-12-5-3-4-11(8-12)16-10-15(18)14-7-6-13(20-2)9-17(14)21-16;15-12-5-3-10(4-6-12)1-2-11-7-13(16)9-14(17)8-11/h3-10H,1-2H3;1-9,15-17H. The van der Waals surface area contributed by atoms with Gasteiger partial charge in [0.15, 0.2) is 5.43 Å². The van der Waals surface area contributed by atoms with Crippen molar-refractivity contribution in [3.8, 4) is 40.1 Å². The third-order valence-corrected chi connectivity index (χ3v) is 5.58. The molecule has 1 heterocycles. The quantitative estimate of drug-likeness (QED) is 0.233. The second-order valence-electron chi connectivity index (χ2n) is 8.28. The van der Waals surface area contributed by atoms with Gasteiger partial charge in [0.05, 0.1) is 19.6 Å². The van der Waals surface area contributed by atoms with Crippen molar-refractivity contribution in [3.63, 3.8) is 0 Å². The number of aromatic hydroxyl groups is 3. The maximum atomic E-state index is 12.2. The van der Waals surface area contributed by atoms with Crippen LogP contribution in [0.25, 0.3) is 34.4 Å². The third kappa shape index (κ3) is 6.53. The zero-order valence-corrected chi connectivity index (χ0v) is 20.8. The van der Waals surface area contributed by atoms with Gasteiger partial charge in [0.1, 0.15) is 40.1 Å². The lowest BCUT2D eigenvalue weighted by Gasteiger charge is -2.06. The van der Waals surface area contributed by atoms with E-state index in [0.717, 1.165) is 11.1 Å². The second kappa shape index (κ2) is 11.7. The molecule has 5 aromatic rings. The number of ether oxygens (including phenoxy) is 2. The molecule has 192 valence electrons. The fourth-order valence-corrected chi connectivity index (χ4v) is 3.67. The molecule has 0 unspecified atom stereocenters. The first kappa shape index (κ1) is 25.9. The van der Waals surface area contributed by atoms with Gasteiger partial charge in [0.2, 0.25) is 0 Å². The Labute approximate surface area is 219 Å². The molecule has 7 nitrogen and oxygen atoms in total. The van der Waals surface area contributed by atoms with Gasteiger partial charge in [-0.3, -0.25) is 4.79 Å². The summed E-state index contributed by atoms with van der Waals surface area (Å²) in [4.78, 5) is 12.2.